The van der Waals surface area contributed by atoms with Crippen LogP contribution in [0.2, 0.25) is 0 Å². The number of rotatable bonds is 29. The molecule has 4 aromatic carbocycles. The number of azo groups is 1. The Balaban J connectivity index is 1.37. The number of amides is 2. The summed E-state index contributed by atoms with van der Waals surface area (Å²) in [5, 5.41) is 23.4. The molecule has 0 heterocycles. The van der Waals surface area contributed by atoms with Gasteiger partial charge in [0.05, 0.1) is 21.2 Å². The van der Waals surface area contributed by atoms with Crippen molar-refractivity contribution in [3.8, 4) is 11.5 Å². The number of carbonyl (C=O) groups excluding carboxylic acids is 3. The number of anilines is 2. The van der Waals surface area contributed by atoms with E-state index in [1.165, 1.54) is 130 Å². The fraction of sp³-hybridized carbons (Fsp3) is 0.500. The predicted octanol–water partition coefficient (Wildman–Crippen LogP) is 11.3. The monoisotopic (exact) mass is 1040 g/mol. The molecule has 1 unspecified atom stereocenters. The summed E-state index contributed by atoms with van der Waals surface area (Å²) in [5.41, 5.74) is -1.94. The van der Waals surface area contributed by atoms with E-state index in [1.54, 1.807) is 27.8 Å². The lowest BCUT2D eigenvalue weighted by Gasteiger charge is -2.25. The van der Waals surface area contributed by atoms with Crippen LogP contribution in [-0.4, -0.2) is 81.1 Å². The average molecular weight is 1040 g/mol. The normalized spacial score (nSPS) is 12.9. The van der Waals surface area contributed by atoms with Gasteiger partial charge in [-0.05, 0) is 78.5 Å². The van der Waals surface area contributed by atoms with Crippen molar-refractivity contribution < 1.29 is 58.6 Å². The fourth-order valence-corrected chi connectivity index (χ4v) is 10.2. The van der Waals surface area contributed by atoms with Gasteiger partial charge in [-0.1, -0.05) is 124 Å². The van der Waals surface area contributed by atoms with Crippen molar-refractivity contribution in [1.82, 2.24) is 4.31 Å². The third kappa shape index (κ3) is 17.7. The molecule has 21 heteroatoms. The maximum atomic E-state index is 13.7. The Morgan fingerprint density at radius 3 is 1.68 bits per heavy atom. The third-order valence-corrected chi connectivity index (χ3v) is 15.3. The molecule has 5 N–H and O–H groups in total. The van der Waals surface area contributed by atoms with Crippen LogP contribution in [0.3, 0.4) is 0 Å². The third-order valence-electron chi connectivity index (χ3n) is 11.7. The van der Waals surface area contributed by atoms with Crippen molar-refractivity contribution in [1.29, 1.82) is 0 Å². The van der Waals surface area contributed by atoms with Crippen molar-refractivity contribution in [2.24, 2.45) is 15.6 Å². The molecule has 0 aromatic heterocycles. The van der Waals surface area contributed by atoms with Gasteiger partial charge in [-0.15, -0.1) is 5.11 Å². The number of hydrogen-bond donors (Lipinski definition) is 5. The Hall–Kier alpha value is -5.32. The van der Waals surface area contributed by atoms with Crippen molar-refractivity contribution in [3.63, 3.8) is 0 Å². The van der Waals surface area contributed by atoms with E-state index in [0.29, 0.717) is 6.54 Å². The largest absolute Gasteiger partial charge is 0.505 e. The summed E-state index contributed by atoms with van der Waals surface area (Å²) in [6.45, 7) is 8.50. The number of nitrogens with zero attached hydrogens (tertiary/aromatic N) is 3. The zero-order valence-electron chi connectivity index (χ0n) is 41.4. The van der Waals surface area contributed by atoms with Crippen LogP contribution < -0.4 is 15.4 Å². The van der Waals surface area contributed by atoms with E-state index < -0.39 is 80.6 Å². The highest BCUT2D eigenvalue weighted by Gasteiger charge is 2.37. The molecule has 4 rings (SSSR count). The van der Waals surface area contributed by atoms with Gasteiger partial charge < -0.3 is 20.5 Å². The second-order valence-electron chi connectivity index (χ2n) is 18.7. The second kappa shape index (κ2) is 26.4. The van der Waals surface area contributed by atoms with Gasteiger partial charge >= 0.3 is 0 Å². The minimum atomic E-state index is -5.16. The number of unbranched alkanes of at least 4 members (excludes halogenated alkanes) is 15. The highest BCUT2D eigenvalue weighted by Crippen LogP contribution is 2.45. The highest BCUT2D eigenvalue weighted by molar-refractivity contribution is 7.89. The molecule has 71 heavy (non-hydrogen) atoms. The Labute approximate surface area is 418 Å². The quantitative estimate of drug-likeness (QED) is 0.0147. The molecule has 0 aliphatic rings. The van der Waals surface area contributed by atoms with Crippen LogP contribution >= 0.6 is 0 Å². The van der Waals surface area contributed by atoms with Crippen molar-refractivity contribution in [2.75, 3.05) is 24.2 Å². The van der Waals surface area contributed by atoms with Gasteiger partial charge in [-0.3, -0.25) is 23.5 Å². The number of ketones is 1. The lowest BCUT2D eigenvalue weighted by Crippen LogP contribution is -2.45. The molecule has 390 valence electrons. The zero-order valence-corrected chi connectivity index (χ0v) is 43.9. The van der Waals surface area contributed by atoms with E-state index in [4.69, 9.17) is 4.74 Å². The van der Waals surface area contributed by atoms with Gasteiger partial charge in [0, 0.05) is 37.0 Å². The first kappa shape index (κ1) is 58.3. The number of phenolic OH excluding ortho intramolecular Hbond substituents is 1. The minimum absolute atomic E-state index is 0.0239. The first-order valence-corrected chi connectivity index (χ1v) is 28.3. The molecule has 0 aliphatic carbocycles. The summed E-state index contributed by atoms with van der Waals surface area (Å²) in [4.78, 5) is 37.5. The van der Waals surface area contributed by atoms with Crippen molar-refractivity contribution in [3.05, 3.63) is 66.7 Å². The van der Waals surface area contributed by atoms with E-state index in [2.05, 4.69) is 27.8 Å². The summed E-state index contributed by atoms with van der Waals surface area (Å²) < 4.78 is 102. The standard InChI is InChI=1S/C50H69N5O13S3/c1-7-8-9-10-11-12-13-14-15-16-17-18-19-20-21-22-31-55(6)69(60,61)40-29-25-37(26-30-40)52-49(59)47(48(58)50(3,4)5)68-39-27-23-38(24-28-39)53-54-45-43(71(65,66)67)33-36-32-41(70(62,63)64)34-42(51-35(2)56)44(36)46(45)57/h23-30,32-34,47,57H,7-22,31H2,1-6H3,(H,51,56)(H,52,59)(H,62,63,64)(H,65,66,67)/b54-53+. The molecular weight excluding hydrogens is 975 g/mol. The van der Waals surface area contributed by atoms with E-state index in [9.17, 15) is 53.8 Å². The van der Waals surface area contributed by atoms with Gasteiger partial charge in [-0.25, -0.2) is 12.7 Å². The number of phenols is 1. The van der Waals surface area contributed by atoms with Crippen LogP contribution in [0.5, 0.6) is 11.5 Å². The molecule has 0 bridgehead atoms. The molecule has 1 atom stereocenters. The minimum Gasteiger partial charge on any atom is -0.505 e. The molecule has 0 fully saturated rings. The Morgan fingerprint density at radius 1 is 0.676 bits per heavy atom. The number of sulfonamides is 1. The molecule has 0 radical (unpaired) electrons. The summed E-state index contributed by atoms with van der Waals surface area (Å²) in [5.74, 6) is -3.04. The van der Waals surface area contributed by atoms with Crippen LogP contribution in [0.1, 0.15) is 137 Å². The Kier molecular flexibility index (Phi) is 21.7. The number of fused-ring (bicyclic) bond motifs is 1. The average Bonchev–Trinajstić information content (AvgIpc) is 3.29. The Morgan fingerprint density at radius 2 is 1.20 bits per heavy atom. The van der Waals surface area contributed by atoms with Crippen molar-refractivity contribution >= 4 is 81.4 Å². The topological polar surface area (TPSA) is 276 Å². The smallest absolute Gasteiger partial charge is 0.296 e. The van der Waals surface area contributed by atoms with E-state index in [-0.39, 0.29) is 38.5 Å². The van der Waals surface area contributed by atoms with Crippen LogP contribution in [0.25, 0.3) is 10.8 Å². The van der Waals surface area contributed by atoms with Gasteiger partial charge in [0.25, 0.3) is 26.1 Å². The molecule has 0 saturated heterocycles. The summed E-state index contributed by atoms with van der Waals surface area (Å²) in [7, 11) is -12.3. The van der Waals surface area contributed by atoms with Crippen LogP contribution in [0.4, 0.5) is 22.7 Å². The van der Waals surface area contributed by atoms with Gasteiger partial charge in [-0.2, -0.15) is 21.9 Å². The zero-order chi connectivity index (χ0) is 52.6. The molecule has 0 spiro atoms. The second-order valence-corrected chi connectivity index (χ2v) is 23.6. The fourth-order valence-electron chi connectivity index (χ4n) is 7.75. The summed E-state index contributed by atoms with van der Waals surface area (Å²) >= 11 is 0. The molecule has 2 amide bonds. The van der Waals surface area contributed by atoms with Gasteiger partial charge in [0.2, 0.25) is 22.0 Å². The first-order chi connectivity index (χ1) is 33.3. The van der Waals surface area contributed by atoms with Crippen LogP contribution in [0.15, 0.2) is 91.6 Å². The van der Waals surface area contributed by atoms with Crippen LogP contribution in [0, 0.1) is 5.41 Å². The molecular formula is C50H69N5O13S3. The van der Waals surface area contributed by atoms with Crippen LogP contribution in [-0.2, 0) is 44.6 Å². The Bertz CT molecular complexity index is 2830. The number of carbonyl (C=O) groups is 3. The summed E-state index contributed by atoms with van der Waals surface area (Å²) in [6.07, 6.45) is 17.9. The first-order valence-electron chi connectivity index (χ1n) is 24.0. The number of ether oxygens (including phenoxy) is 1. The lowest BCUT2D eigenvalue weighted by molar-refractivity contribution is -0.140. The number of hydrogen-bond acceptors (Lipinski definition) is 13. The number of Topliss-reactive ketones (excluding diaryl/α,β-unsaturated/α-hetero) is 1. The SMILES string of the molecule is CCCCCCCCCCCCCCCCCCN(C)S(=O)(=O)c1ccc(NC(=O)C(Oc2ccc(/N=N/c3c(S(=O)(=O)O)cc4cc(S(=O)(=O)O)cc(NC(C)=O)c4c3O)cc2)C(=O)C(C)(C)C)cc1. The highest BCUT2D eigenvalue weighted by atomic mass is 32.2. The molecule has 4 aromatic rings. The van der Waals surface area contributed by atoms with Gasteiger partial charge in [0.15, 0.2) is 11.5 Å². The van der Waals surface area contributed by atoms with E-state index in [0.717, 1.165) is 50.8 Å². The van der Waals surface area contributed by atoms with E-state index in [1.807, 2.05) is 0 Å². The van der Waals surface area contributed by atoms with Gasteiger partial charge in [0.1, 0.15) is 16.3 Å². The predicted molar refractivity (Wildman–Crippen MR) is 273 cm³/mol. The number of aromatic hydroxyl groups is 1. The maximum Gasteiger partial charge on any atom is 0.296 e. The molecule has 18 nitrogen and oxygen atoms in total. The lowest BCUT2D eigenvalue weighted by atomic mass is 9.87. The van der Waals surface area contributed by atoms with Crippen molar-refractivity contribution in [2.45, 2.75) is 158 Å². The molecule has 0 saturated carbocycles. The number of nitrogens with one attached hydrogen (secondary N) is 2. The summed E-state index contributed by atoms with van der Waals surface area (Å²) in [6, 6.07) is 13.3. The molecule has 0 aliphatic heterocycles. The van der Waals surface area contributed by atoms with E-state index >= 15 is 0 Å². The number of benzene rings is 4. The maximum absolute atomic E-state index is 13.7.